The molecule has 2 aromatic carbocycles. The molecule has 7 nitrogen and oxygen atoms in total. The summed E-state index contributed by atoms with van der Waals surface area (Å²) in [5, 5.41) is 11.2. The van der Waals surface area contributed by atoms with Crippen molar-refractivity contribution in [2.24, 2.45) is 0 Å². The molecule has 0 spiro atoms. The number of aliphatic hydroxyl groups excluding tert-OH is 1. The van der Waals surface area contributed by atoms with Gasteiger partial charge in [-0.05, 0) is 69.4 Å². The fraction of sp³-hybridized carbons (Fsp3) is 0.385. The van der Waals surface area contributed by atoms with Gasteiger partial charge in [0.1, 0.15) is 17.3 Å². The van der Waals surface area contributed by atoms with Crippen LogP contribution in [0.1, 0.15) is 36.6 Å². The zero-order valence-electron chi connectivity index (χ0n) is 19.5. The first-order chi connectivity index (χ1) is 15.8. The summed E-state index contributed by atoms with van der Waals surface area (Å²) in [6.45, 7) is 5.45. The summed E-state index contributed by atoms with van der Waals surface area (Å²) in [5.41, 5.74) is 2.34. The number of fused-ring (bicyclic) bond motifs is 1. The van der Waals surface area contributed by atoms with Crippen molar-refractivity contribution in [3.8, 4) is 11.5 Å². The highest BCUT2D eigenvalue weighted by Gasteiger charge is 2.46. The third-order valence-corrected chi connectivity index (χ3v) is 5.86. The summed E-state index contributed by atoms with van der Waals surface area (Å²) in [6, 6.07) is 12.0. The number of hydrogen-bond donors (Lipinski definition) is 1. The summed E-state index contributed by atoms with van der Waals surface area (Å²) in [4.78, 5) is 29.6. The fourth-order valence-electron chi connectivity index (χ4n) is 4.26. The van der Waals surface area contributed by atoms with Crippen LogP contribution in [0.5, 0.6) is 11.5 Å². The van der Waals surface area contributed by atoms with Crippen molar-refractivity contribution in [1.29, 1.82) is 0 Å². The molecule has 0 aromatic heterocycles. The minimum Gasteiger partial charge on any atom is -0.507 e. The van der Waals surface area contributed by atoms with Gasteiger partial charge in [0.2, 0.25) is 0 Å². The molecule has 1 unspecified atom stereocenters. The van der Waals surface area contributed by atoms with Gasteiger partial charge in [0.05, 0.1) is 24.3 Å². The molecule has 1 amide bonds. The predicted octanol–water partition coefficient (Wildman–Crippen LogP) is 3.39. The van der Waals surface area contributed by atoms with Crippen molar-refractivity contribution >= 4 is 17.4 Å². The van der Waals surface area contributed by atoms with Gasteiger partial charge in [-0.1, -0.05) is 12.1 Å². The van der Waals surface area contributed by atoms with Gasteiger partial charge < -0.3 is 24.4 Å². The van der Waals surface area contributed by atoms with E-state index in [9.17, 15) is 14.7 Å². The number of rotatable bonds is 7. The van der Waals surface area contributed by atoms with Gasteiger partial charge in [-0.2, -0.15) is 0 Å². The average Bonchev–Trinajstić information content (AvgIpc) is 3.34. The Morgan fingerprint density at radius 3 is 2.58 bits per heavy atom. The van der Waals surface area contributed by atoms with Crippen LogP contribution >= 0.6 is 0 Å². The molecule has 1 saturated heterocycles. The van der Waals surface area contributed by atoms with E-state index >= 15 is 0 Å². The summed E-state index contributed by atoms with van der Waals surface area (Å²) in [5.74, 6) is 0.0571. The summed E-state index contributed by atoms with van der Waals surface area (Å²) < 4.78 is 11.3. The van der Waals surface area contributed by atoms with E-state index in [0.717, 1.165) is 23.3 Å². The van der Waals surface area contributed by atoms with Crippen LogP contribution in [0.2, 0.25) is 0 Å². The van der Waals surface area contributed by atoms with E-state index in [1.165, 1.54) is 0 Å². The van der Waals surface area contributed by atoms with Gasteiger partial charge >= 0.3 is 0 Å². The largest absolute Gasteiger partial charge is 0.507 e. The lowest BCUT2D eigenvalue weighted by Crippen LogP contribution is -2.35. The monoisotopic (exact) mass is 450 g/mol. The second kappa shape index (κ2) is 9.27. The highest BCUT2D eigenvalue weighted by molar-refractivity contribution is 6.46. The molecular formula is C26H30N2O5. The van der Waals surface area contributed by atoms with Crippen LogP contribution in [-0.4, -0.2) is 66.5 Å². The van der Waals surface area contributed by atoms with E-state index in [2.05, 4.69) is 0 Å². The van der Waals surface area contributed by atoms with E-state index in [4.69, 9.17) is 9.47 Å². The number of Topliss-reactive ketones (excluding diaryl/α,β-unsaturated/α-hetero) is 1. The topological polar surface area (TPSA) is 79.3 Å². The Balaban J connectivity index is 1.78. The summed E-state index contributed by atoms with van der Waals surface area (Å²) in [6.07, 6.45) is 0.777. The van der Waals surface area contributed by atoms with Crippen molar-refractivity contribution in [1.82, 2.24) is 9.80 Å². The third kappa shape index (κ3) is 4.59. The van der Waals surface area contributed by atoms with Crippen LogP contribution in [0, 0.1) is 0 Å². The second-order valence-corrected chi connectivity index (χ2v) is 8.95. The van der Waals surface area contributed by atoms with E-state index in [1.54, 1.807) is 17.0 Å². The molecule has 1 N–H and O–H groups in total. The highest BCUT2D eigenvalue weighted by atomic mass is 16.5. The molecule has 2 aromatic rings. The molecule has 174 valence electrons. The first-order valence-electron chi connectivity index (χ1n) is 11.2. The minimum absolute atomic E-state index is 0.0327. The number of aliphatic hydroxyl groups is 1. The number of amides is 1. The minimum atomic E-state index is -0.678. The molecule has 1 atom stereocenters. The van der Waals surface area contributed by atoms with Gasteiger partial charge in [0.25, 0.3) is 11.7 Å². The molecule has 2 heterocycles. The first kappa shape index (κ1) is 22.9. The highest BCUT2D eigenvalue weighted by Crippen LogP contribution is 2.40. The van der Waals surface area contributed by atoms with Crippen LogP contribution in [0.25, 0.3) is 5.76 Å². The van der Waals surface area contributed by atoms with Crippen molar-refractivity contribution in [3.63, 3.8) is 0 Å². The molecule has 0 aliphatic carbocycles. The van der Waals surface area contributed by atoms with Crippen molar-refractivity contribution < 1.29 is 24.2 Å². The first-order valence-corrected chi connectivity index (χ1v) is 11.2. The summed E-state index contributed by atoms with van der Waals surface area (Å²) in [7, 11) is 3.83. The number of likely N-dealkylation sites (tertiary alicyclic amines) is 1. The molecule has 4 rings (SSSR count). The summed E-state index contributed by atoms with van der Waals surface area (Å²) >= 11 is 0. The molecule has 2 aliphatic rings. The van der Waals surface area contributed by atoms with E-state index in [1.807, 2.05) is 63.2 Å². The van der Waals surface area contributed by atoms with Crippen LogP contribution in [-0.2, 0) is 16.0 Å². The zero-order chi connectivity index (χ0) is 23.7. The molecule has 0 saturated carbocycles. The Kier molecular flexibility index (Phi) is 6.42. The Labute approximate surface area is 194 Å². The Hall–Kier alpha value is -3.32. The molecule has 0 radical (unpaired) electrons. The lowest BCUT2D eigenvalue weighted by atomic mass is 9.94. The maximum Gasteiger partial charge on any atom is 0.295 e. The number of carbonyl (C=O) groups is 2. The SMILES string of the molecule is CC(C)Oc1ccc(C2/C(=C(/O)c3ccc4c(c3)CCO4)C(=O)C(=O)N2CCN(C)C)cc1. The normalized spacial score (nSPS) is 19.3. The standard InChI is InChI=1S/C26H30N2O5/c1-16(2)33-20-8-5-17(6-9-20)23-22(25(30)26(31)28(23)13-12-27(3)4)24(29)19-7-10-21-18(15-19)11-14-32-21/h5-10,15-16,23,29H,11-14H2,1-4H3/b24-22-. The Morgan fingerprint density at radius 1 is 1.18 bits per heavy atom. The van der Waals surface area contributed by atoms with Crippen molar-refractivity contribution in [2.75, 3.05) is 33.8 Å². The molecular weight excluding hydrogens is 420 g/mol. The number of hydrogen-bond acceptors (Lipinski definition) is 6. The molecule has 7 heteroatoms. The molecule has 0 bridgehead atoms. The number of likely N-dealkylation sites (N-methyl/N-ethyl adjacent to an activating group) is 1. The number of ketones is 1. The van der Waals surface area contributed by atoms with E-state index in [0.29, 0.717) is 31.0 Å². The van der Waals surface area contributed by atoms with Gasteiger partial charge in [0, 0.05) is 25.1 Å². The lowest BCUT2D eigenvalue weighted by Gasteiger charge is -2.26. The molecule has 1 fully saturated rings. The van der Waals surface area contributed by atoms with Gasteiger partial charge in [0.15, 0.2) is 0 Å². The smallest absolute Gasteiger partial charge is 0.295 e. The van der Waals surface area contributed by atoms with Crippen LogP contribution < -0.4 is 9.47 Å². The van der Waals surface area contributed by atoms with Gasteiger partial charge in [-0.15, -0.1) is 0 Å². The maximum atomic E-state index is 13.1. The Bertz CT molecular complexity index is 1090. The van der Waals surface area contributed by atoms with E-state index < -0.39 is 17.7 Å². The molecule has 33 heavy (non-hydrogen) atoms. The van der Waals surface area contributed by atoms with Crippen molar-refractivity contribution in [3.05, 3.63) is 64.7 Å². The lowest BCUT2D eigenvalue weighted by molar-refractivity contribution is -0.140. The van der Waals surface area contributed by atoms with E-state index in [-0.39, 0.29) is 17.4 Å². The number of nitrogens with zero attached hydrogens (tertiary/aromatic N) is 2. The second-order valence-electron chi connectivity index (χ2n) is 8.95. The van der Waals surface area contributed by atoms with Crippen molar-refractivity contribution in [2.45, 2.75) is 32.4 Å². The third-order valence-electron chi connectivity index (χ3n) is 5.86. The van der Waals surface area contributed by atoms with Crippen LogP contribution in [0.4, 0.5) is 0 Å². The quantitative estimate of drug-likeness (QED) is 0.396. The van der Waals surface area contributed by atoms with Gasteiger partial charge in [-0.25, -0.2) is 0 Å². The van der Waals surface area contributed by atoms with Crippen LogP contribution in [0.3, 0.4) is 0 Å². The predicted molar refractivity (Wildman–Crippen MR) is 125 cm³/mol. The zero-order valence-corrected chi connectivity index (χ0v) is 19.5. The maximum absolute atomic E-state index is 13.1. The average molecular weight is 451 g/mol. The van der Waals surface area contributed by atoms with Crippen LogP contribution in [0.15, 0.2) is 48.0 Å². The number of carbonyl (C=O) groups excluding carboxylic acids is 2. The number of benzene rings is 2. The molecule has 2 aliphatic heterocycles. The number of ether oxygens (including phenoxy) is 2. The van der Waals surface area contributed by atoms with Gasteiger partial charge in [-0.3, -0.25) is 9.59 Å². The fourth-order valence-corrected chi connectivity index (χ4v) is 4.26. The Morgan fingerprint density at radius 2 is 1.91 bits per heavy atom.